The maximum Gasteiger partial charge on any atom is 0.273 e. The number of aromatic nitrogens is 5. The van der Waals surface area contributed by atoms with Crippen molar-refractivity contribution in [1.82, 2.24) is 29.6 Å². The van der Waals surface area contributed by atoms with Crippen molar-refractivity contribution in [3.8, 4) is 0 Å². The van der Waals surface area contributed by atoms with Gasteiger partial charge in [0.15, 0.2) is 0 Å². The maximum absolute atomic E-state index is 13.3. The van der Waals surface area contributed by atoms with E-state index >= 15 is 0 Å². The van der Waals surface area contributed by atoms with Crippen LogP contribution in [-0.2, 0) is 0 Å². The Morgan fingerprint density at radius 3 is 2.74 bits per heavy atom. The van der Waals surface area contributed by atoms with Crippen LogP contribution in [0, 0.1) is 0 Å². The molecule has 1 aliphatic rings. The van der Waals surface area contributed by atoms with Crippen molar-refractivity contribution in [1.29, 1.82) is 0 Å². The van der Waals surface area contributed by atoms with Gasteiger partial charge in [-0.1, -0.05) is 32.9 Å². The molecular formula is C19H24N6O2. The van der Waals surface area contributed by atoms with Crippen LogP contribution in [-0.4, -0.2) is 42.1 Å². The summed E-state index contributed by atoms with van der Waals surface area (Å²) >= 11 is 0. The number of amides is 1. The molecule has 3 aromatic heterocycles. The molecule has 1 aliphatic heterocycles. The van der Waals surface area contributed by atoms with Gasteiger partial charge in [-0.3, -0.25) is 4.79 Å². The van der Waals surface area contributed by atoms with Crippen molar-refractivity contribution < 1.29 is 9.32 Å². The van der Waals surface area contributed by atoms with Crippen LogP contribution < -0.4 is 0 Å². The number of carbonyl (C=O) groups is 1. The summed E-state index contributed by atoms with van der Waals surface area (Å²) < 4.78 is 7.13. The Bertz CT molecular complexity index is 974. The quantitative estimate of drug-likeness (QED) is 0.702. The zero-order chi connectivity index (χ0) is 19.1. The van der Waals surface area contributed by atoms with Gasteiger partial charge in [-0.15, -0.1) is 0 Å². The molecule has 0 N–H and O–H groups in total. The second-order valence-corrected chi connectivity index (χ2v) is 7.66. The average Bonchev–Trinajstić information content (AvgIpc) is 3.38. The molecule has 0 bridgehead atoms. The lowest BCUT2D eigenvalue weighted by atomic mass is 10.1. The van der Waals surface area contributed by atoms with Crippen molar-refractivity contribution in [2.24, 2.45) is 0 Å². The molecule has 0 radical (unpaired) electrons. The third kappa shape index (κ3) is 3.09. The lowest BCUT2D eigenvalue weighted by molar-refractivity contribution is 0.0724. The molecule has 0 saturated carbocycles. The Balaban J connectivity index is 1.68. The minimum absolute atomic E-state index is 0.0767. The van der Waals surface area contributed by atoms with Crippen LogP contribution in [0.25, 0.3) is 5.78 Å². The van der Waals surface area contributed by atoms with Gasteiger partial charge in [-0.25, -0.2) is 9.50 Å². The summed E-state index contributed by atoms with van der Waals surface area (Å²) in [6, 6.07) is 3.72. The van der Waals surface area contributed by atoms with Gasteiger partial charge < -0.3 is 9.42 Å². The highest BCUT2D eigenvalue weighted by atomic mass is 16.5. The van der Waals surface area contributed by atoms with Crippen LogP contribution in [0.1, 0.15) is 86.1 Å². The van der Waals surface area contributed by atoms with Crippen molar-refractivity contribution in [3.63, 3.8) is 0 Å². The molecule has 1 atom stereocenters. The predicted molar refractivity (Wildman–Crippen MR) is 98.5 cm³/mol. The summed E-state index contributed by atoms with van der Waals surface area (Å²) in [5.41, 5.74) is 2.14. The zero-order valence-corrected chi connectivity index (χ0v) is 16.1. The molecule has 0 aliphatic carbocycles. The van der Waals surface area contributed by atoms with E-state index in [1.807, 2.05) is 17.0 Å². The summed E-state index contributed by atoms with van der Waals surface area (Å²) in [5.74, 6) is 1.65. The van der Waals surface area contributed by atoms with Crippen LogP contribution in [0.2, 0.25) is 0 Å². The minimum atomic E-state index is -0.0982. The summed E-state index contributed by atoms with van der Waals surface area (Å²) in [4.78, 5) is 23.7. The first-order chi connectivity index (χ1) is 13.0. The molecule has 8 nitrogen and oxygen atoms in total. The van der Waals surface area contributed by atoms with Crippen LogP contribution >= 0.6 is 0 Å². The lowest BCUT2D eigenvalue weighted by Crippen LogP contribution is -2.31. The van der Waals surface area contributed by atoms with Gasteiger partial charge >= 0.3 is 0 Å². The van der Waals surface area contributed by atoms with E-state index in [1.54, 1.807) is 4.52 Å². The highest BCUT2D eigenvalue weighted by Crippen LogP contribution is 2.34. The van der Waals surface area contributed by atoms with Gasteiger partial charge in [0.1, 0.15) is 23.5 Å². The number of likely N-dealkylation sites (tertiary alicyclic amines) is 1. The highest BCUT2D eigenvalue weighted by molar-refractivity contribution is 5.93. The van der Waals surface area contributed by atoms with Gasteiger partial charge in [0.05, 0.1) is 11.7 Å². The Labute approximate surface area is 157 Å². The molecule has 4 heterocycles. The predicted octanol–water partition coefficient (Wildman–Crippen LogP) is 3.34. The fourth-order valence-electron chi connectivity index (χ4n) is 3.55. The van der Waals surface area contributed by atoms with E-state index in [2.05, 4.69) is 47.9 Å². The van der Waals surface area contributed by atoms with E-state index in [0.29, 0.717) is 18.0 Å². The van der Waals surface area contributed by atoms with E-state index in [1.165, 1.54) is 6.33 Å². The summed E-state index contributed by atoms with van der Waals surface area (Å²) in [5, 5.41) is 8.43. The zero-order valence-electron chi connectivity index (χ0n) is 16.1. The van der Waals surface area contributed by atoms with E-state index in [0.717, 1.165) is 30.0 Å². The number of carbonyl (C=O) groups excluding carboxylic acids is 1. The molecule has 0 spiro atoms. The fraction of sp³-hybridized carbons (Fsp3) is 0.526. The van der Waals surface area contributed by atoms with Gasteiger partial charge in [-0.2, -0.15) is 10.1 Å². The summed E-state index contributed by atoms with van der Waals surface area (Å²) in [6.07, 6.45) is 3.27. The molecule has 3 aromatic rings. The van der Waals surface area contributed by atoms with E-state index in [4.69, 9.17) is 4.52 Å². The molecule has 0 aromatic carbocycles. The average molecular weight is 368 g/mol. The minimum Gasteiger partial charge on any atom is -0.361 e. The van der Waals surface area contributed by atoms with E-state index in [-0.39, 0.29) is 23.8 Å². The van der Waals surface area contributed by atoms with E-state index in [9.17, 15) is 4.79 Å². The van der Waals surface area contributed by atoms with Crippen molar-refractivity contribution in [3.05, 3.63) is 41.3 Å². The SMILES string of the molecule is CC(C)c1cc([C@H]2CCCN2C(=O)c2cc(C(C)C)n3ncnc3n2)no1. The molecule has 27 heavy (non-hydrogen) atoms. The Kier molecular flexibility index (Phi) is 4.41. The van der Waals surface area contributed by atoms with Gasteiger partial charge in [-0.05, 0) is 24.8 Å². The standard InChI is InChI=1S/C19H24N6O2/c1-11(2)16-8-14(22-19-20-10-21-25(16)19)18(26)24-7-5-6-15(24)13-9-17(12(3)4)27-23-13/h8-12,15H,5-7H2,1-4H3/t15-/m1/s1. The number of hydrogen-bond donors (Lipinski definition) is 0. The van der Waals surface area contributed by atoms with Crippen LogP contribution in [0.5, 0.6) is 0 Å². The molecule has 142 valence electrons. The maximum atomic E-state index is 13.3. The monoisotopic (exact) mass is 368 g/mol. The highest BCUT2D eigenvalue weighted by Gasteiger charge is 2.34. The molecule has 0 unspecified atom stereocenters. The van der Waals surface area contributed by atoms with Crippen LogP contribution in [0.4, 0.5) is 0 Å². The molecule has 1 amide bonds. The third-order valence-corrected chi connectivity index (χ3v) is 5.06. The van der Waals surface area contributed by atoms with Gasteiger partial charge in [0, 0.05) is 18.5 Å². The van der Waals surface area contributed by atoms with Crippen molar-refractivity contribution in [2.45, 2.75) is 58.4 Å². The van der Waals surface area contributed by atoms with Gasteiger partial charge in [0.25, 0.3) is 11.7 Å². The van der Waals surface area contributed by atoms with E-state index < -0.39 is 0 Å². The first-order valence-corrected chi connectivity index (χ1v) is 9.44. The normalized spacial score (nSPS) is 17.6. The van der Waals surface area contributed by atoms with Crippen LogP contribution in [0.3, 0.4) is 0 Å². The van der Waals surface area contributed by atoms with Crippen LogP contribution in [0.15, 0.2) is 23.0 Å². The second-order valence-electron chi connectivity index (χ2n) is 7.66. The summed E-state index contributed by atoms with van der Waals surface area (Å²) in [7, 11) is 0. The van der Waals surface area contributed by atoms with Crippen molar-refractivity contribution >= 4 is 11.7 Å². The number of rotatable bonds is 4. The third-order valence-electron chi connectivity index (χ3n) is 5.06. The van der Waals surface area contributed by atoms with Gasteiger partial charge in [0.2, 0.25) is 0 Å². The number of nitrogens with zero attached hydrogens (tertiary/aromatic N) is 6. The number of fused-ring (bicyclic) bond motifs is 1. The Morgan fingerprint density at radius 1 is 1.22 bits per heavy atom. The fourth-order valence-corrected chi connectivity index (χ4v) is 3.55. The number of hydrogen-bond acceptors (Lipinski definition) is 6. The summed E-state index contributed by atoms with van der Waals surface area (Å²) in [6.45, 7) is 8.93. The lowest BCUT2D eigenvalue weighted by Gasteiger charge is -2.23. The smallest absolute Gasteiger partial charge is 0.273 e. The Morgan fingerprint density at radius 2 is 2.04 bits per heavy atom. The molecule has 8 heteroatoms. The van der Waals surface area contributed by atoms with Crippen molar-refractivity contribution in [2.75, 3.05) is 6.54 Å². The molecule has 1 saturated heterocycles. The Hall–Kier alpha value is -2.77. The molecular weight excluding hydrogens is 344 g/mol. The first kappa shape index (κ1) is 17.6. The first-order valence-electron chi connectivity index (χ1n) is 9.44. The molecule has 4 rings (SSSR count). The topological polar surface area (TPSA) is 89.4 Å². The second kappa shape index (κ2) is 6.75. The largest absolute Gasteiger partial charge is 0.361 e. The molecule has 1 fully saturated rings.